The SMILES string of the molecule is CC[C@H](C)c1ccccc1NC(=O)CNc1ccc(I)cc1. The summed E-state index contributed by atoms with van der Waals surface area (Å²) in [6.07, 6.45) is 1.05. The number of rotatable bonds is 6. The lowest BCUT2D eigenvalue weighted by atomic mass is 9.97. The van der Waals surface area contributed by atoms with Crippen LogP contribution in [-0.2, 0) is 4.79 Å². The van der Waals surface area contributed by atoms with Crippen molar-refractivity contribution in [1.82, 2.24) is 0 Å². The number of halogens is 1. The first kappa shape index (κ1) is 16.8. The summed E-state index contributed by atoms with van der Waals surface area (Å²) in [5, 5.41) is 6.14. The monoisotopic (exact) mass is 408 g/mol. The van der Waals surface area contributed by atoms with Crippen LogP contribution in [0.5, 0.6) is 0 Å². The van der Waals surface area contributed by atoms with Crippen LogP contribution in [0.15, 0.2) is 48.5 Å². The number of benzene rings is 2. The third-order valence-electron chi connectivity index (χ3n) is 3.68. The number of nitrogens with one attached hydrogen (secondary N) is 2. The maximum absolute atomic E-state index is 12.1. The molecule has 0 spiro atoms. The Balaban J connectivity index is 1.96. The predicted octanol–water partition coefficient (Wildman–Crippen LogP) is 4.86. The summed E-state index contributed by atoms with van der Waals surface area (Å²) in [4.78, 5) is 12.1. The van der Waals surface area contributed by atoms with Gasteiger partial charge in [0, 0.05) is 14.9 Å². The van der Waals surface area contributed by atoms with E-state index < -0.39 is 0 Å². The van der Waals surface area contributed by atoms with E-state index in [4.69, 9.17) is 0 Å². The van der Waals surface area contributed by atoms with E-state index in [0.717, 1.165) is 17.8 Å². The molecule has 3 nitrogen and oxygen atoms in total. The zero-order valence-electron chi connectivity index (χ0n) is 12.9. The van der Waals surface area contributed by atoms with E-state index >= 15 is 0 Å². The molecule has 0 fully saturated rings. The molecular weight excluding hydrogens is 387 g/mol. The summed E-state index contributed by atoms with van der Waals surface area (Å²) in [6, 6.07) is 16.0. The minimum Gasteiger partial charge on any atom is -0.376 e. The highest BCUT2D eigenvalue weighted by molar-refractivity contribution is 14.1. The van der Waals surface area contributed by atoms with Gasteiger partial charge in [-0.2, -0.15) is 0 Å². The summed E-state index contributed by atoms with van der Waals surface area (Å²) >= 11 is 2.26. The number of para-hydroxylation sites is 1. The zero-order valence-corrected chi connectivity index (χ0v) is 15.1. The summed E-state index contributed by atoms with van der Waals surface area (Å²) < 4.78 is 1.18. The lowest BCUT2D eigenvalue weighted by Crippen LogP contribution is -2.22. The maximum atomic E-state index is 12.1. The molecule has 0 aliphatic heterocycles. The second-order valence-electron chi connectivity index (χ2n) is 5.31. The molecule has 2 aromatic carbocycles. The topological polar surface area (TPSA) is 41.1 Å². The Morgan fingerprint density at radius 2 is 1.82 bits per heavy atom. The minimum absolute atomic E-state index is 0.0331. The quantitative estimate of drug-likeness (QED) is 0.671. The molecule has 1 amide bonds. The molecular formula is C18H21IN2O. The van der Waals surface area contributed by atoms with Crippen molar-refractivity contribution in [1.29, 1.82) is 0 Å². The number of amides is 1. The maximum Gasteiger partial charge on any atom is 0.243 e. The van der Waals surface area contributed by atoms with Crippen LogP contribution in [0.3, 0.4) is 0 Å². The lowest BCUT2D eigenvalue weighted by molar-refractivity contribution is -0.114. The molecule has 0 unspecified atom stereocenters. The predicted molar refractivity (Wildman–Crippen MR) is 101 cm³/mol. The second kappa shape index (κ2) is 8.17. The van der Waals surface area contributed by atoms with Crippen LogP contribution in [0.4, 0.5) is 11.4 Å². The van der Waals surface area contributed by atoms with Gasteiger partial charge in [-0.1, -0.05) is 32.0 Å². The van der Waals surface area contributed by atoms with Crippen molar-refractivity contribution in [3.05, 3.63) is 57.7 Å². The van der Waals surface area contributed by atoms with Crippen molar-refractivity contribution < 1.29 is 4.79 Å². The smallest absolute Gasteiger partial charge is 0.243 e. The molecule has 0 radical (unpaired) electrons. The Morgan fingerprint density at radius 3 is 2.50 bits per heavy atom. The van der Waals surface area contributed by atoms with Gasteiger partial charge >= 0.3 is 0 Å². The largest absolute Gasteiger partial charge is 0.376 e. The van der Waals surface area contributed by atoms with Crippen molar-refractivity contribution in [3.63, 3.8) is 0 Å². The van der Waals surface area contributed by atoms with E-state index in [1.165, 1.54) is 9.13 Å². The molecule has 2 rings (SSSR count). The van der Waals surface area contributed by atoms with Crippen LogP contribution in [0.1, 0.15) is 31.7 Å². The van der Waals surface area contributed by atoms with E-state index in [0.29, 0.717) is 5.92 Å². The van der Waals surface area contributed by atoms with Gasteiger partial charge in [0.25, 0.3) is 0 Å². The molecule has 2 N–H and O–H groups in total. The number of anilines is 2. The van der Waals surface area contributed by atoms with Crippen molar-refractivity contribution in [3.8, 4) is 0 Å². The van der Waals surface area contributed by atoms with Crippen LogP contribution < -0.4 is 10.6 Å². The third-order valence-corrected chi connectivity index (χ3v) is 4.39. The van der Waals surface area contributed by atoms with Crippen LogP contribution in [0, 0.1) is 3.57 Å². The molecule has 0 saturated heterocycles. The fourth-order valence-corrected chi connectivity index (χ4v) is 2.56. The van der Waals surface area contributed by atoms with Gasteiger partial charge in [0.05, 0.1) is 6.54 Å². The zero-order chi connectivity index (χ0) is 15.9. The van der Waals surface area contributed by atoms with Gasteiger partial charge in [-0.3, -0.25) is 4.79 Å². The summed E-state index contributed by atoms with van der Waals surface area (Å²) in [7, 11) is 0. The van der Waals surface area contributed by atoms with Crippen molar-refractivity contribution in [2.45, 2.75) is 26.2 Å². The van der Waals surface area contributed by atoms with E-state index in [1.54, 1.807) is 0 Å². The number of hydrogen-bond donors (Lipinski definition) is 2. The van der Waals surface area contributed by atoms with Crippen LogP contribution in [0.2, 0.25) is 0 Å². The van der Waals surface area contributed by atoms with E-state index in [-0.39, 0.29) is 12.5 Å². The van der Waals surface area contributed by atoms with Gasteiger partial charge in [0.2, 0.25) is 5.91 Å². The van der Waals surface area contributed by atoms with Crippen molar-refractivity contribution in [2.75, 3.05) is 17.2 Å². The Kier molecular flexibility index (Phi) is 6.24. The third kappa shape index (κ3) is 4.73. The number of hydrogen-bond acceptors (Lipinski definition) is 2. The Morgan fingerprint density at radius 1 is 1.14 bits per heavy atom. The minimum atomic E-state index is -0.0331. The molecule has 0 saturated carbocycles. The Labute approximate surface area is 145 Å². The molecule has 0 bridgehead atoms. The van der Waals surface area contributed by atoms with E-state index in [1.807, 2.05) is 42.5 Å². The molecule has 0 aliphatic carbocycles. The number of carbonyl (C=O) groups excluding carboxylic acids is 1. The average molecular weight is 408 g/mol. The molecule has 0 aromatic heterocycles. The van der Waals surface area contributed by atoms with Gasteiger partial charge in [-0.15, -0.1) is 0 Å². The van der Waals surface area contributed by atoms with E-state index in [9.17, 15) is 4.79 Å². The summed E-state index contributed by atoms with van der Waals surface area (Å²) in [6.45, 7) is 4.59. The first-order chi connectivity index (χ1) is 10.6. The number of carbonyl (C=O) groups is 1. The van der Waals surface area contributed by atoms with Gasteiger partial charge in [0.15, 0.2) is 0 Å². The molecule has 0 aliphatic rings. The molecule has 116 valence electrons. The first-order valence-electron chi connectivity index (χ1n) is 7.48. The van der Waals surface area contributed by atoms with Crippen LogP contribution in [0.25, 0.3) is 0 Å². The molecule has 4 heteroatoms. The van der Waals surface area contributed by atoms with Gasteiger partial charge < -0.3 is 10.6 Å². The average Bonchev–Trinajstić information content (AvgIpc) is 2.54. The standard InChI is InChI=1S/C18H21IN2O/c1-3-13(2)16-6-4-5-7-17(16)21-18(22)12-20-15-10-8-14(19)9-11-15/h4-11,13,20H,3,12H2,1-2H3,(H,21,22)/t13-/m0/s1. The Bertz CT molecular complexity index is 625. The highest BCUT2D eigenvalue weighted by Gasteiger charge is 2.10. The highest BCUT2D eigenvalue weighted by atomic mass is 127. The van der Waals surface area contributed by atoms with Gasteiger partial charge in [0.1, 0.15) is 0 Å². The Hall–Kier alpha value is -1.56. The van der Waals surface area contributed by atoms with Crippen LogP contribution in [-0.4, -0.2) is 12.5 Å². The van der Waals surface area contributed by atoms with Crippen molar-refractivity contribution >= 4 is 39.9 Å². The fourth-order valence-electron chi connectivity index (χ4n) is 2.20. The van der Waals surface area contributed by atoms with Crippen molar-refractivity contribution in [2.24, 2.45) is 0 Å². The highest BCUT2D eigenvalue weighted by Crippen LogP contribution is 2.26. The fraction of sp³-hybridized carbons (Fsp3) is 0.278. The van der Waals surface area contributed by atoms with Crippen LogP contribution >= 0.6 is 22.6 Å². The molecule has 22 heavy (non-hydrogen) atoms. The molecule has 1 atom stereocenters. The lowest BCUT2D eigenvalue weighted by Gasteiger charge is -2.16. The normalized spacial score (nSPS) is 11.8. The second-order valence-corrected chi connectivity index (χ2v) is 6.55. The summed E-state index contributed by atoms with van der Waals surface area (Å²) in [5.74, 6) is 0.398. The molecule has 0 heterocycles. The molecule has 2 aromatic rings. The van der Waals surface area contributed by atoms with Gasteiger partial charge in [-0.05, 0) is 70.8 Å². The first-order valence-corrected chi connectivity index (χ1v) is 8.56. The van der Waals surface area contributed by atoms with Gasteiger partial charge in [-0.25, -0.2) is 0 Å². The summed E-state index contributed by atoms with van der Waals surface area (Å²) in [5.41, 5.74) is 3.05. The van der Waals surface area contributed by atoms with E-state index in [2.05, 4.69) is 53.1 Å².